The number of hydrogen-bond donors (Lipinski definition) is 1. The monoisotopic (exact) mass is 399 g/mol. The van der Waals surface area contributed by atoms with E-state index < -0.39 is 0 Å². The van der Waals surface area contributed by atoms with E-state index in [2.05, 4.69) is 69.1 Å². The van der Waals surface area contributed by atoms with Crippen LogP contribution in [-0.2, 0) is 9.53 Å². The van der Waals surface area contributed by atoms with Gasteiger partial charge in [-0.3, -0.25) is 0 Å². The Morgan fingerprint density at radius 3 is 2.00 bits per heavy atom. The lowest BCUT2D eigenvalue weighted by molar-refractivity contribution is -0.139. The number of esters is 1. The molecule has 0 aliphatic rings. The fourth-order valence-electron chi connectivity index (χ4n) is 4.44. The first-order valence-electron chi connectivity index (χ1n) is 10.6. The highest BCUT2D eigenvalue weighted by Crippen LogP contribution is 2.41. The molecule has 0 atom stereocenters. The van der Waals surface area contributed by atoms with Gasteiger partial charge < -0.3 is 10.1 Å². The Hall–Kier alpha value is -3.07. The van der Waals surface area contributed by atoms with Gasteiger partial charge in [-0.05, 0) is 90.2 Å². The first-order valence-corrected chi connectivity index (χ1v) is 10.6. The van der Waals surface area contributed by atoms with Gasteiger partial charge in [0.25, 0.3) is 0 Å². The summed E-state index contributed by atoms with van der Waals surface area (Å²) in [6.45, 7) is 13.1. The third-order valence-corrected chi connectivity index (χ3v) is 5.99. The second-order valence-electron chi connectivity index (χ2n) is 8.37. The predicted molar refractivity (Wildman–Crippen MR) is 128 cm³/mol. The van der Waals surface area contributed by atoms with Crippen LogP contribution in [0.15, 0.2) is 48.6 Å². The summed E-state index contributed by atoms with van der Waals surface area (Å²) < 4.78 is 5.18. The van der Waals surface area contributed by atoms with Crippen LogP contribution >= 0.6 is 0 Å². The van der Waals surface area contributed by atoms with E-state index in [4.69, 9.17) is 4.74 Å². The van der Waals surface area contributed by atoms with Gasteiger partial charge in [0, 0.05) is 23.2 Å². The van der Waals surface area contributed by atoms with Crippen LogP contribution in [0.4, 0.5) is 5.69 Å². The van der Waals surface area contributed by atoms with Crippen LogP contribution in [0.25, 0.3) is 32.3 Å². The van der Waals surface area contributed by atoms with E-state index in [1.807, 2.05) is 0 Å². The fourth-order valence-corrected chi connectivity index (χ4v) is 4.44. The number of aryl methyl sites for hydroxylation is 3. The summed E-state index contributed by atoms with van der Waals surface area (Å²) in [6.07, 6.45) is 1.76. The SMILES string of the molecule is C=C(C)C(=O)OCCCCNc1cc(C)c2ccc3c(C)cc(C)c4ccc1c2c34. The number of ether oxygens (including phenoxy) is 1. The first-order chi connectivity index (χ1) is 14.4. The summed E-state index contributed by atoms with van der Waals surface area (Å²) in [7, 11) is 0. The van der Waals surface area contributed by atoms with Crippen LogP contribution in [0.1, 0.15) is 36.5 Å². The van der Waals surface area contributed by atoms with Crippen LogP contribution in [0.3, 0.4) is 0 Å². The van der Waals surface area contributed by atoms with E-state index >= 15 is 0 Å². The minimum Gasteiger partial charge on any atom is -0.462 e. The Morgan fingerprint density at radius 2 is 1.40 bits per heavy atom. The molecule has 0 fully saturated rings. The zero-order valence-electron chi connectivity index (χ0n) is 18.3. The number of benzene rings is 4. The fraction of sp³-hybridized carbons (Fsp3) is 0.296. The molecule has 0 aliphatic heterocycles. The number of nitrogens with one attached hydrogen (secondary N) is 1. The minimum atomic E-state index is -0.309. The lowest BCUT2D eigenvalue weighted by atomic mass is 9.88. The van der Waals surface area contributed by atoms with E-state index in [-0.39, 0.29) is 5.97 Å². The maximum absolute atomic E-state index is 11.5. The highest BCUT2D eigenvalue weighted by Gasteiger charge is 2.15. The van der Waals surface area contributed by atoms with E-state index in [0.29, 0.717) is 12.2 Å². The van der Waals surface area contributed by atoms with Crippen molar-refractivity contribution in [3.05, 3.63) is 65.2 Å². The van der Waals surface area contributed by atoms with Crippen molar-refractivity contribution in [2.24, 2.45) is 0 Å². The van der Waals surface area contributed by atoms with Crippen molar-refractivity contribution < 1.29 is 9.53 Å². The van der Waals surface area contributed by atoms with Gasteiger partial charge in [0.1, 0.15) is 0 Å². The van der Waals surface area contributed by atoms with Crippen molar-refractivity contribution in [2.75, 3.05) is 18.5 Å². The molecule has 0 heterocycles. The second kappa shape index (κ2) is 7.98. The Morgan fingerprint density at radius 1 is 0.867 bits per heavy atom. The zero-order chi connectivity index (χ0) is 21.4. The zero-order valence-corrected chi connectivity index (χ0v) is 18.3. The van der Waals surface area contributed by atoms with Crippen molar-refractivity contribution in [3.8, 4) is 0 Å². The normalized spacial score (nSPS) is 11.5. The van der Waals surface area contributed by atoms with Crippen LogP contribution in [0.2, 0.25) is 0 Å². The molecular weight excluding hydrogens is 370 g/mol. The highest BCUT2D eigenvalue weighted by molar-refractivity contribution is 6.26. The molecule has 3 heteroatoms. The maximum atomic E-state index is 11.5. The molecule has 0 spiro atoms. The Kier molecular flexibility index (Phi) is 5.38. The number of carbonyl (C=O) groups is 1. The lowest BCUT2D eigenvalue weighted by Crippen LogP contribution is -2.08. The Labute approximate surface area is 178 Å². The summed E-state index contributed by atoms with van der Waals surface area (Å²) in [5.41, 5.74) is 5.56. The Balaban J connectivity index is 1.62. The van der Waals surface area contributed by atoms with Gasteiger partial charge in [-0.15, -0.1) is 0 Å². The van der Waals surface area contributed by atoms with E-state index in [1.165, 1.54) is 54.7 Å². The quantitative estimate of drug-likeness (QED) is 0.160. The molecule has 3 nitrogen and oxygen atoms in total. The average Bonchev–Trinajstić information content (AvgIpc) is 2.72. The van der Waals surface area contributed by atoms with Crippen LogP contribution in [0.5, 0.6) is 0 Å². The maximum Gasteiger partial charge on any atom is 0.333 e. The number of hydrogen-bond acceptors (Lipinski definition) is 3. The molecule has 0 saturated carbocycles. The summed E-state index contributed by atoms with van der Waals surface area (Å²) >= 11 is 0. The van der Waals surface area contributed by atoms with Crippen LogP contribution in [-0.4, -0.2) is 19.1 Å². The summed E-state index contributed by atoms with van der Waals surface area (Å²) in [5.74, 6) is -0.309. The third-order valence-electron chi connectivity index (χ3n) is 5.99. The second-order valence-corrected chi connectivity index (χ2v) is 8.37. The largest absolute Gasteiger partial charge is 0.462 e. The van der Waals surface area contributed by atoms with Gasteiger partial charge in [-0.1, -0.05) is 36.9 Å². The number of anilines is 1. The predicted octanol–water partition coefficient (Wildman–Crippen LogP) is 6.82. The Bertz CT molecular complexity index is 1250. The van der Waals surface area contributed by atoms with Gasteiger partial charge in [-0.25, -0.2) is 4.79 Å². The molecule has 154 valence electrons. The molecule has 0 unspecified atom stereocenters. The van der Waals surface area contributed by atoms with Crippen LogP contribution in [0, 0.1) is 20.8 Å². The molecule has 4 aromatic rings. The van der Waals surface area contributed by atoms with Gasteiger partial charge in [0.05, 0.1) is 6.61 Å². The van der Waals surface area contributed by atoms with E-state index in [1.54, 1.807) is 6.92 Å². The lowest BCUT2D eigenvalue weighted by Gasteiger charge is -2.19. The molecule has 0 bridgehead atoms. The van der Waals surface area contributed by atoms with Gasteiger partial charge >= 0.3 is 5.97 Å². The first kappa shape index (κ1) is 20.2. The number of carbonyl (C=O) groups excluding carboxylic acids is 1. The molecule has 4 aromatic carbocycles. The van der Waals surface area contributed by atoms with Crippen LogP contribution < -0.4 is 5.32 Å². The molecule has 0 amide bonds. The molecule has 4 rings (SSSR count). The number of unbranched alkanes of at least 4 members (excludes halogenated alkanes) is 1. The molecule has 0 aromatic heterocycles. The molecule has 30 heavy (non-hydrogen) atoms. The van der Waals surface area contributed by atoms with Crippen molar-refractivity contribution in [1.82, 2.24) is 0 Å². The van der Waals surface area contributed by atoms with E-state index in [9.17, 15) is 4.79 Å². The molecule has 0 saturated heterocycles. The van der Waals surface area contributed by atoms with Crippen molar-refractivity contribution in [1.29, 1.82) is 0 Å². The minimum absolute atomic E-state index is 0.309. The van der Waals surface area contributed by atoms with E-state index in [0.717, 1.165) is 19.4 Å². The molecular formula is C27H29NO2. The summed E-state index contributed by atoms with van der Waals surface area (Å²) in [4.78, 5) is 11.5. The topological polar surface area (TPSA) is 38.3 Å². The molecule has 0 radical (unpaired) electrons. The molecule has 1 N–H and O–H groups in total. The van der Waals surface area contributed by atoms with Crippen molar-refractivity contribution in [3.63, 3.8) is 0 Å². The summed E-state index contributed by atoms with van der Waals surface area (Å²) in [5, 5.41) is 11.6. The summed E-state index contributed by atoms with van der Waals surface area (Å²) in [6, 6.07) is 13.6. The highest BCUT2D eigenvalue weighted by atomic mass is 16.5. The smallest absolute Gasteiger partial charge is 0.333 e. The number of rotatable bonds is 7. The van der Waals surface area contributed by atoms with Gasteiger partial charge in [0.2, 0.25) is 0 Å². The average molecular weight is 400 g/mol. The van der Waals surface area contributed by atoms with Crippen molar-refractivity contribution >= 4 is 44.0 Å². The van der Waals surface area contributed by atoms with Gasteiger partial charge in [-0.2, -0.15) is 0 Å². The molecule has 0 aliphatic carbocycles. The third kappa shape index (κ3) is 3.49. The van der Waals surface area contributed by atoms with Crippen molar-refractivity contribution in [2.45, 2.75) is 40.5 Å². The van der Waals surface area contributed by atoms with Gasteiger partial charge in [0.15, 0.2) is 0 Å². The standard InChI is InChI=1S/C27H29NO2/c1-16(2)27(29)30-13-7-6-12-28-24-15-19(5)22-9-8-20-17(3)14-18(4)21-10-11-23(24)26(22)25(20)21/h8-11,14-15,28H,1,6-7,12-13H2,2-5H3.